The Morgan fingerprint density at radius 1 is 1.45 bits per heavy atom. The number of fused-ring (bicyclic) bond motifs is 1. The van der Waals surface area contributed by atoms with E-state index in [0.29, 0.717) is 21.4 Å². The number of nitrogens with zero attached hydrogens (tertiary/aromatic N) is 1. The SMILES string of the molecule is CC(C)NC(=O)C(C#N)=CC1=Cc2cc(Cl)cc(Cl)c2OC1. The van der Waals surface area contributed by atoms with E-state index in [4.69, 9.17) is 33.2 Å². The Hall–Kier alpha value is -1.96. The molecule has 1 aliphatic rings. The monoisotopic (exact) mass is 336 g/mol. The van der Waals surface area contributed by atoms with Crippen molar-refractivity contribution in [2.45, 2.75) is 19.9 Å². The van der Waals surface area contributed by atoms with Gasteiger partial charge in [0.1, 0.15) is 24.0 Å². The summed E-state index contributed by atoms with van der Waals surface area (Å²) in [7, 11) is 0. The maximum Gasteiger partial charge on any atom is 0.262 e. The molecule has 0 aromatic heterocycles. The molecule has 6 heteroatoms. The summed E-state index contributed by atoms with van der Waals surface area (Å²) in [5.74, 6) is 0.140. The van der Waals surface area contributed by atoms with Crippen molar-refractivity contribution >= 4 is 35.2 Å². The maximum atomic E-state index is 11.9. The number of nitrogens with one attached hydrogen (secondary N) is 1. The summed E-state index contributed by atoms with van der Waals surface area (Å²) in [5.41, 5.74) is 1.44. The smallest absolute Gasteiger partial charge is 0.262 e. The molecule has 4 nitrogen and oxygen atoms in total. The molecule has 0 aliphatic carbocycles. The van der Waals surface area contributed by atoms with Gasteiger partial charge in [-0.1, -0.05) is 23.2 Å². The number of rotatable bonds is 3. The van der Waals surface area contributed by atoms with E-state index in [1.807, 2.05) is 19.9 Å². The van der Waals surface area contributed by atoms with Crippen LogP contribution in [0, 0.1) is 11.3 Å². The minimum Gasteiger partial charge on any atom is -0.487 e. The first-order valence-corrected chi connectivity index (χ1v) is 7.41. The highest BCUT2D eigenvalue weighted by Crippen LogP contribution is 2.36. The molecule has 0 fully saturated rings. The Morgan fingerprint density at radius 2 is 2.18 bits per heavy atom. The molecule has 0 saturated carbocycles. The Labute approximate surface area is 139 Å². The summed E-state index contributed by atoms with van der Waals surface area (Å²) in [4.78, 5) is 11.9. The number of halogens is 2. The molecule has 1 N–H and O–H groups in total. The fraction of sp³-hybridized carbons (Fsp3) is 0.250. The first-order chi connectivity index (χ1) is 10.4. The molecule has 1 aromatic rings. The van der Waals surface area contributed by atoms with Crippen LogP contribution in [0.15, 0.2) is 29.4 Å². The zero-order valence-corrected chi connectivity index (χ0v) is 13.6. The topological polar surface area (TPSA) is 62.1 Å². The summed E-state index contributed by atoms with van der Waals surface area (Å²) >= 11 is 12.0. The van der Waals surface area contributed by atoms with E-state index in [2.05, 4.69) is 5.32 Å². The first-order valence-electron chi connectivity index (χ1n) is 6.65. The number of benzene rings is 1. The van der Waals surface area contributed by atoms with Crippen molar-refractivity contribution in [1.29, 1.82) is 5.26 Å². The zero-order chi connectivity index (χ0) is 16.3. The quantitative estimate of drug-likeness (QED) is 0.675. The Bertz CT molecular complexity index is 716. The van der Waals surface area contributed by atoms with E-state index in [9.17, 15) is 4.79 Å². The average molecular weight is 337 g/mol. The second kappa shape index (κ2) is 6.87. The molecule has 1 heterocycles. The zero-order valence-electron chi connectivity index (χ0n) is 12.1. The van der Waals surface area contributed by atoms with Gasteiger partial charge in [-0.3, -0.25) is 4.79 Å². The van der Waals surface area contributed by atoms with Gasteiger partial charge in [-0.2, -0.15) is 5.26 Å². The van der Waals surface area contributed by atoms with E-state index in [-0.39, 0.29) is 18.2 Å². The molecule has 1 aromatic carbocycles. The van der Waals surface area contributed by atoms with E-state index < -0.39 is 5.91 Å². The van der Waals surface area contributed by atoms with E-state index in [1.165, 1.54) is 6.08 Å². The van der Waals surface area contributed by atoms with Gasteiger partial charge in [-0.05, 0) is 43.7 Å². The number of amides is 1. The van der Waals surface area contributed by atoms with Crippen molar-refractivity contribution < 1.29 is 9.53 Å². The molecular weight excluding hydrogens is 323 g/mol. The number of nitriles is 1. The molecule has 2 rings (SSSR count). The lowest BCUT2D eigenvalue weighted by molar-refractivity contribution is -0.117. The Morgan fingerprint density at radius 3 is 2.82 bits per heavy atom. The number of ether oxygens (including phenoxy) is 1. The van der Waals surface area contributed by atoms with Crippen LogP contribution >= 0.6 is 23.2 Å². The summed E-state index contributed by atoms with van der Waals surface area (Å²) in [6.45, 7) is 3.89. The van der Waals surface area contributed by atoms with Gasteiger partial charge >= 0.3 is 0 Å². The van der Waals surface area contributed by atoms with Crippen LogP contribution in [0.4, 0.5) is 0 Å². The molecule has 1 amide bonds. The van der Waals surface area contributed by atoms with Crippen LogP contribution in [0.2, 0.25) is 10.0 Å². The lowest BCUT2D eigenvalue weighted by atomic mass is 10.0. The van der Waals surface area contributed by atoms with Crippen molar-refractivity contribution in [2.24, 2.45) is 0 Å². The predicted molar refractivity (Wildman–Crippen MR) is 86.9 cm³/mol. The van der Waals surface area contributed by atoms with Gasteiger partial charge in [0.15, 0.2) is 0 Å². The third kappa shape index (κ3) is 3.82. The minimum absolute atomic E-state index is 0.0279. The largest absolute Gasteiger partial charge is 0.487 e. The molecule has 22 heavy (non-hydrogen) atoms. The van der Waals surface area contributed by atoms with Crippen LogP contribution in [0.3, 0.4) is 0 Å². The van der Waals surface area contributed by atoms with Crippen LogP contribution in [0.1, 0.15) is 19.4 Å². The first kappa shape index (κ1) is 16.4. The van der Waals surface area contributed by atoms with Crippen molar-refractivity contribution in [3.05, 3.63) is 45.0 Å². The molecule has 114 valence electrons. The van der Waals surface area contributed by atoms with E-state index >= 15 is 0 Å². The van der Waals surface area contributed by atoms with Gasteiger partial charge in [0.2, 0.25) is 0 Å². The summed E-state index contributed by atoms with van der Waals surface area (Å²) in [6.07, 6.45) is 3.31. The van der Waals surface area contributed by atoms with E-state index in [1.54, 1.807) is 18.2 Å². The third-order valence-corrected chi connectivity index (χ3v) is 3.37. The van der Waals surface area contributed by atoms with E-state index in [0.717, 1.165) is 5.56 Å². The van der Waals surface area contributed by atoms with Gasteiger partial charge in [0.25, 0.3) is 5.91 Å². The summed E-state index contributed by atoms with van der Waals surface area (Å²) in [5, 5.41) is 12.7. The van der Waals surface area contributed by atoms with Crippen LogP contribution in [-0.4, -0.2) is 18.6 Å². The lowest BCUT2D eigenvalue weighted by Gasteiger charge is -2.18. The molecule has 1 aliphatic heterocycles. The predicted octanol–water partition coefficient (Wildman–Crippen LogP) is 3.74. The number of hydrogen-bond acceptors (Lipinski definition) is 3. The van der Waals surface area contributed by atoms with Crippen LogP contribution in [0.25, 0.3) is 6.08 Å². The molecule has 0 unspecified atom stereocenters. The highest BCUT2D eigenvalue weighted by Gasteiger charge is 2.17. The molecule has 0 spiro atoms. The van der Waals surface area contributed by atoms with Gasteiger partial charge in [-0.15, -0.1) is 0 Å². The number of hydrogen-bond donors (Lipinski definition) is 1. The van der Waals surface area contributed by atoms with Crippen molar-refractivity contribution in [2.75, 3.05) is 6.61 Å². The summed E-state index contributed by atoms with van der Waals surface area (Å²) < 4.78 is 5.58. The van der Waals surface area contributed by atoms with Crippen molar-refractivity contribution in [3.63, 3.8) is 0 Å². The molecule has 0 bridgehead atoms. The van der Waals surface area contributed by atoms with Crippen LogP contribution in [-0.2, 0) is 4.79 Å². The highest BCUT2D eigenvalue weighted by molar-refractivity contribution is 6.36. The molecular formula is C16H14Cl2N2O2. The van der Waals surface area contributed by atoms with Crippen LogP contribution < -0.4 is 10.1 Å². The maximum absolute atomic E-state index is 11.9. The number of carbonyl (C=O) groups excluding carboxylic acids is 1. The second-order valence-electron chi connectivity index (χ2n) is 5.11. The van der Waals surface area contributed by atoms with Gasteiger partial charge in [0.05, 0.1) is 5.02 Å². The number of carbonyl (C=O) groups is 1. The third-order valence-electron chi connectivity index (χ3n) is 2.88. The second-order valence-corrected chi connectivity index (χ2v) is 5.96. The van der Waals surface area contributed by atoms with Gasteiger partial charge in [-0.25, -0.2) is 0 Å². The Balaban J connectivity index is 2.33. The fourth-order valence-electron chi connectivity index (χ4n) is 1.99. The lowest BCUT2D eigenvalue weighted by Crippen LogP contribution is -2.31. The standard InChI is InChI=1S/C16H14Cl2N2O2/c1-9(2)20-16(21)12(7-19)4-10-3-11-5-13(17)6-14(18)15(11)22-8-10/h3-6,9H,8H2,1-2H3,(H,20,21). The van der Waals surface area contributed by atoms with Gasteiger partial charge < -0.3 is 10.1 Å². The molecule has 0 radical (unpaired) electrons. The fourth-order valence-corrected chi connectivity index (χ4v) is 2.56. The normalized spacial score (nSPS) is 13.8. The summed E-state index contributed by atoms with van der Waals surface area (Å²) in [6, 6.07) is 5.18. The van der Waals surface area contributed by atoms with Crippen LogP contribution in [0.5, 0.6) is 5.75 Å². The molecule has 0 saturated heterocycles. The van der Waals surface area contributed by atoms with Gasteiger partial charge in [0, 0.05) is 16.6 Å². The minimum atomic E-state index is -0.409. The highest BCUT2D eigenvalue weighted by atomic mass is 35.5. The average Bonchev–Trinajstić information content (AvgIpc) is 2.43. The van der Waals surface area contributed by atoms with Crippen molar-refractivity contribution in [1.82, 2.24) is 5.32 Å². The molecule has 0 atom stereocenters. The van der Waals surface area contributed by atoms with Crippen molar-refractivity contribution in [3.8, 4) is 11.8 Å². The Kier molecular flexibility index (Phi) is 5.12.